The first-order chi connectivity index (χ1) is 26.5. The fourth-order valence-corrected chi connectivity index (χ4v) is 8.71. The zero-order valence-electron chi connectivity index (χ0n) is 36.7. The summed E-state index contributed by atoms with van der Waals surface area (Å²) in [6.07, 6.45) is 37.4. The summed E-state index contributed by atoms with van der Waals surface area (Å²) in [5, 5.41) is 9.52. The predicted octanol–water partition coefficient (Wildman–Crippen LogP) is 13.4. The molecule has 6 heteroatoms. The number of aliphatic hydroxyl groups excluding tert-OH is 1. The van der Waals surface area contributed by atoms with Crippen molar-refractivity contribution in [3.63, 3.8) is 0 Å². The van der Waals surface area contributed by atoms with Gasteiger partial charge in [-0.3, -0.25) is 9.59 Å². The van der Waals surface area contributed by atoms with Crippen molar-refractivity contribution in [3.8, 4) is 0 Å². The van der Waals surface area contributed by atoms with Crippen molar-refractivity contribution in [1.82, 2.24) is 4.90 Å². The molecule has 0 aromatic rings. The highest BCUT2D eigenvalue weighted by Gasteiger charge is 2.27. The minimum atomic E-state index is 0.0555. The third-order valence-corrected chi connectivity index (χ3v) is 12.1. The van der Waals surface area contributed by atoms with Crippen LogP contribution in [-0.2, 0) is 19.1 Å². The van der Waals surface area contributed by atoms with Crippen LogP contribution < -0.4 is 0 Å². The van der Waals surface area contributed by atoms with Gasteiger partial charge in [0.05, 0.1) is 25.0 Å². The molecule has 0 radical (unpaired) electrons. The molecule has 0 amide bonds. The normalized spacial score (nSPS) is 16.4. The molecule has 1 N–H and O–H groups in total. The Balaban J connectivity index is 2.47. The van der Waals surface area contributed by atoms with Crippen LogP contribution >= 0.6 is 0 Å². The van der Waals surface area contributed by atoms with Crippen molar-refractivity contribution in [2.75, 3.05) is 39.5 Å². The van der Waals surface area contributed by atoms with Crippen LogP contribution in [0, 0.1) is 23.7 Å². The lowest BCUT2D eigenvalue weighted by Crippen LogP contribution is -2.41. The number of hydrogen-bond acceptors (Lipinski definition) is 6. The van der Waals surface area contributed by atoms with E-state index in [9.17, 15) is 14.7 Å². The third-order valence-electron chi connectivity index (χ3n) is 12.1. The molecule has 1 aliphatic heterocycles. The minimum absolute atomic E-state index is 0.0555. The van der Waals surface area contributed by atoms with E-state index in [1.807, 2.05) is 0 Å². The van der Waals surface area contributed by atoms with Crippen LogP contribution in [0.1, 0.15) is 233 Å². The maximum absolute atomic E-state index is 13.1. The molecule has 54 heavy (non-hydrogen) atoms. The number of hydrogen-bond donors (Lipinski definition) is 1. The molecule has 0 aromatic heterocycles. The first-order valence-electron chi connectivity index (χ1n) is 24.1. The van der Waals surface area contributed by atoms with Gasteiger partial charge in [0.2, 0.25) is 0 Å². The van der Waals surface area contributed by atoms with Crippen molar-refractivity contribution in [1.29, 1.82) is 0 Å². The van der Waals surface area contributed by atoms with E-state index in [1.165, 1.54) is 122 Å². The van der Waals surface area contributed by atoms with E-state index in [1.54, 1.807) is 0 Å². The zero-order chi connectivity index (χ0) is 39.3. The van der Waals surface area contributed by atoms with Crippen LogP contribution in [0.3, 0.4) is 0 Å². The maximum Gasteiger partial charge on any atom is 0.308 e. The van der Waals surface area contributed by atoms with Crippen LogP contribution in [0.4, 0.5) is 0 Å². The van der Waals surface area contributed by atoms with Gasteiger partial charge in [0.25, 0.3) is 0 Å². The number of carbonyl (C=O) groups excluding carboxylic acids is 2. The first kappa shape index (κ1) is 50.9. The number of unbranched alkanes of at least 4 members (excludes halogenated alkanes) is 18. The van der Waals surface area contributed by atoms with E-state index in [2.05, 4.69) is 32.6 Å². The molecule has 320 valence electrons. The Labute approximate surface area is 336 Å². The number of aliphatic hydroxyl groups is 1. The summed E-state index contributed by atoms with van der Waals surface area (Å²) in [7, 11) is 0. The lowest BCUT2D eigenvalue weighted by Gasteiger charge is -2.38. The molecule has 6 nitrogen and oxygen atoms in total. The van der Waals surface area contributed by atoms with Crippen molar-refractivity contribution in [2.45, 2.75) is 233 Å². The second-order valence-electron chi connectivity index (χ2n) is 17.3. The summed E-state index contributed by atoms with van der Waals surface area (Å²) in [4.78, 5) is 28.8. The highest BCUT2D eigenvalue weighted by molar-refractivity contribution is 5.72. The topological polar surface area (TPSA) is 76.1 Å². The highest BCUT2D eigenvalue weighted by atomic mass is 16.5. The molecular weight excluding hydrogens is 671 g/mol. The molecule has 0 spiro atoms. The largest absolute Gasteiger partial charge is 0.465 e. The van der Waals surface area contributed by atoms with Crippen molar-refractivity contribution in [3.05, 3.63) is 0 Å². The van der Waals surface area contributed by atoms with E-state index in [0.29, 0.717) is 25.0 Å². The molecule has 1 aliphatic rings. The third kappa shape index (κ3) is 28.3. The zero-order valence-corrected chi connectivity index (χ0v) is 36.7. The summed E-state index contributed by atoms with van der Waals surface area (Å²) in [6, 6.07) is 0. The minimum Gasteiger partial charge on any atom is -0.465 e. The van der Waals surface area contributed by atoms with Gasteiger partial charge in [-0.25, -0.2) is 0 Å². The fraction of sp³-hybridized carbons (Fsp3) is 0.958. The lowest BCUT2D eigenvalue weighted by molar-refractivity contribution is -0.150. The van der Waals surface area contributed by atoms with Gasteiger partial charge in [-0.05, 0) is 88.9 Å². The van der Waals surface area contributed by atoms with Crippen LogP contribution in [0.2, 0.25) is 0 Å². The van der Waals surface area contributed by atoms with Crippen LogP contribution in [0.5, 0.6) is 0 Å². The van der Waals surface area contributed by atoms with E-state index in [-0.39, 0.29) is 30.4 Å². The molecule has 0 bridgehead atoms. The Morgan fingerprint density at radius 3 is 1.19 bits per heavy atom. The molecule has 0 saturated carbocycles. The number of esters is 2. The fourth-order valence-electron chi connectivity index (χ4n) is 8.71. The van der Waals surface area contributed by atoms with Gasteiger partial charge in [0.1, 0.15) is 0 Å². The monoisotopic (exact) mass is 764 g/mol. The maximum atomic E-state index is 13.1. The number of piperidine rings is 1. The Morgan fingerprint density at radius 2 is 0.852 bits per heavy atom. The van der Waals surface area contributed by atoms with Gasteiger partial charge in [-0.2, -0.15) is 0 Å². The molecular formula is C48H93NO5. The number of ether oxygens (including phenoxy) is 2. The quantitative estimate of drug-likeness (QED) is 0.0496. The second kappa shape index (κ2) is 37.4. The van der Waals surface area contributed by atoms with Crippen molar-refractivity contribution in [2.24, 2.45) is 23.7 Å². The van der Waals surface area contributed by atoms with Gasteiger partial charge in [0, 0.05) is 26.2 Å². The van der Waals surface area contributed by atoms with Crippen LogP contribution in [0.15, 0.2) is 0 Å². The predicted molar refractivity (Wildman–Crippen MR) is 230 cm³/mol. The van der Waals surface area contributed by atoms with Gasteiger partial charge in [-0.1, -0.05) is 156 Å². The Hall–Kier alpha value is -1.14. The van der Waals surface area contributed by atoms with Gasteiger partial charge < -0.3 is 19.5 Å². The van der Waals surface area contributed by atoms with Crippen molar-refractivity contribution < 1.29 is 24.2 Å². The number of rotatable bonds is 39. The highest BCUT2D eigenvalue weighted by Crippen LogP contribution is 2.30. The van der Waals surface area contributed by atoms with E-state index >= 15 is 0 Å². The molecule has 2 unspecified atom stereocenters. The molecule has 0 aliphatic carbocycles. The first-order valence-corrected chi connectivity index (χ1v) is 24.1. The number of nitrogens with zero attached hydrogens (tertiary/aromatic N) is 1. The van der Waals surface area contributed by atoms with E-state index in [0.717, 1.165) is 103 Å². The second-order valence-corrected chi connectivity index (χ2v) is 17.3. The van der Waals surface area contributed by atoms with Crippen molar-refractivity contribution >= 4 is 11.9 Å². The molecule has 0 aromatic carbocycles. The van der Waals surface area contributed by atoms with E-state index in [4.69, 9.17) is 9.47 Å². The lowest BCUT2D eigenvalue weighted by atomic mass is 9.83. The summed E-state index contributed by atoms with van der Waals surface area (Å²) in [5.41, 5.74) is 0. The summed E-state index contributed by atoms with van der Waals surface area (Å²) in [5.74, 6) is 1.59. The smallest absolute Gasteiger partial charge is 0.308 e. The number of likely N-dealkylation sites (tertiary alicyclic amines) is 1. The van der Waals surface area contributed by atoms with Crippen LogP contribution in [-0.4, -0.2) is 61.4 Å². The Morgan fingerprint density at radius 1 is 0.500 bits per heavy atom. The average Bonchev–Trinajstić information content (AvgIpc) is 3.17. The van der Waals surface area contributed by atoms with E-state index < -0.39 is 0 Å². The Kier molecular flexibility index (Phi) is 35.3. The Bertz CT molecular complexity index is 746. The summed E-state index contributed by atoms with van der Waals surface area (Å²) < 4.78 is 11.8. The molecule has 1 fully saturated rings. The van der Waals surface area contributed by atoms with Gasteiger partial charge >= 0.3 is 11.9 Å². The molecule has 2 atom stereocenters. The summed E-state index contributed by atoms with van der Waals surface area (Å²) in [6.45, 7) is 13.6. The molecule has 1 saturated heterocycles. The number of carbonyl (C=O) groups is 2. The van der Waals surface area contributed by atoms with Crippen LogP contribution in [0.25, 0.3) is 0 Å². The SMILES string of the molecule is CCCCCCCC(CCCCCCC)C(=O)OCCCCC1CC(CCCCOC(=O)C(CCCCCCC)CCCCCCC)CN(CCCO)C1. The molecule has 1 heterocycles. The van der Waals surface area contributed by atoms with Gasteiger partial charge in [0.15, 0.2) is 0 Å². The molecule has 1 rings (SSSR count). The average molecular weight is 764 g/mol. The standard InChI is InChI=1S/C48H93NO5/c1-5-9-13-17-21-32-45(33-22-18-14-10-6-2)47(51)53-38-27-25-30-43-40-44(42-49(41-43)36-29-37-50)31-26-28-39-54-48(52)46(34-23-19-15-11-7-3)35-24-20-16-12-8-4/h43-46,50H,5-42H2,1-4H3. The summed E-state index contributed by atoms with van der Waals surface area (Å²) >= 11 is 0. The van der Waals surface area contributed by atoms with Gasteiger partial charge in [-0.15, -0.1) is 0 Å².